The van der Waals surface area contributed by atoms with E-state index in [1.807, 2.05) is 0 Å². The van der Waals surface area contributed by atoms with E-state index in [9.17, 15) is 4.79 Å². The number of carboxylic acids is 1. The van der Waals surface area contributed by atoms with Gasteiger partial charge in [-0.2, -0.15) is 0 Å². The second kappa shape index (κ2) is 11.4. The first-order chi connectivity index (χ1) is 3.64. The molecule has 5 heteroatoms. The minimum atomic E-state index is -1.23. The van der Waals surface area contributed by atoms with Crippen LogP contribution >= 0.6 is 0 Å². The maximum absolute atomic E-state index is 9.45. The summed E-state index contributed by atoms with van der Waals surface area (Å²) >= 11 is 0. The van der Waals surface area contributed by atoms with E-state index in [2.05, 4.69) is 0 Å². The van der Waals surface area contributed by atoms with Crippen LogP contribution in [0.4, 0.5) is 0 Å². The van der Waals surface area contributed by atoms with Gasteiger partial charge in [0.1, 0.15) is 6.10 Å². The van der Waals surface area contributed by atoms with Crippen molar-refractivity contribution in [3.8, 4) is 0 Å². The molecule has 0 amide bonds. The average Bonchev–Trinajstić information content (AvgIpc) is 1.72. The van der Waals surface area contributed by atoms with Crippen LogP contribution in [0.25, 0.3) is 0 Å². The molecule has 0 fully saturated rings. The first-order valence-corrected chi connectivity index (χ1v) is 2.00. The van der Waals surface area contributed by atoms with E-state index in [-0.39, 0.29) is 37.7 Å². The van der Waals surface area contributed by atoms with Crippen molar-refractivity contribution < 1.29 is 20.1 Å². The molecule has 0 heterocycles. The summed E-state index contributed by atoms with van der Waals surface area (Å²) in [6.07, 6.45) is -1.23. The summed E-state index contributed by atoms with van der Waals surface area (Å²) in [7, 11) is 1.00. The molecule has 0 radical (unpaired) electrons. The van der Waals surface area contributed by atoms with Gasteiger partial charge in [-0.3, -0.25) is 0 Å². The summed E-state index contributed by atoms with van der Waals surface area (Å²) in [6.45, 7) is 1.20. The zero-order valence-electron chi connectivity index (χ0n) is 4.83. The Morgan fingerprint density at radius 2 is 1.56 bits per heavy atom. The molecule has 0 aromatic rings. The van der Waals surface area contributed by atoms with Gasteiger partial charge in [-0.1, -0.05) is 0 Å². The number of carbonyl (C=O) groups is 1. The second-order valence-electron chi connectivity index (χ2n) is 1.01. The molecular weight excluding hydrogens is 152 g/mol. The Bertz CT molecular complexity index is 63.6. The van der Waals surface area contributed by atoms with Gasteiger partial charge in [0.15, 0.2) is 0 Å². The van der Waals surface area contributed by atoms with Crippen LogP contribution in [0.1, 0.15) is 6.92 Å². The van der Waals surface area contributed by atoms with E-state index in [4.69, 9.17) is 15.3 Å². The Balaban J connectivity index is -0.000000109. The molecule has 1 atom stereocenters. The molecule has 0 rings (SSSR count). The Kier molecular flexibility index (Phi) is 20.8. The summed E-state index contributed by atoms with van der Waals surface area (Å²) in [5.74, 6) is -1.19. The predicted molar refractivity (Wildman–Crippen MR) is 36.0 cm³/mol. The van der Waals surface area contributed by atoms with Crippen molar-refractivity contribution in [1.82, 2.24) is 0 Å². The van der Waals surface area contributed by atoms with Crippen molar-refractivity contribution in [1.29, 1.82) is 0 Å². The van der Waals surface area contributed by atoms with Crippen LogP contribution in [-0.4, -0.2) is 72.2 Å². The topological polar surface area (TPSA) is 77.8 Å². The van der Waals surface area contributed by atoms with Crippen molar-refractivity contribution in [2.75, 3.05) is 7.11 Å². The van der Waals surface area contributed by atoms with Crippen LogP contribution in [0.15, 0.2) is 0 Å². The number of rotatable bonds is 1. The molecular formula is C4H12CaO4. The van der Waals surface area contributed by atoms with Gasteiger partial charge in [0.2, 0.25) is 0 Å². The number of aliphatic carboxylic acids is 1. The monoisotopic (exact) mass is 164 g/mol. The van der Waals surface area contributed by atoms with Crippen LogP contribution < -0.4 is 0 Å². The molecule has 0 aliphatic heterocycles. The first kappa shape index (κ1) is 16.3. The Hall–Kier alpha value is 0.650. The van der Waals surface area contributed by atoms with Crippen LogP contribution in [-0.2, 0) is 4.79 Å². The van der Waals surface area contributed by atoms with Gasteiger partial charge in [0.05, 0.1) is 0 Å². The number of hydrogen-bond acceptors (Lipinski definition) is 3. The number of aliphatic hydroxyl groups excluding tert-OH is 2. The number of hydrogen-bond donors (Lipinski definition) is 3. The third kappa shape index (κ3) is 17.7. The predicted octanol–water partition coefficient (Wildman–Crippen LogP) is -1.86. The molecule has 0 aliphatic carbocycles. The van der Waals surface area contributed by atoms with E-state index in [0.717, 1.165) is 7.11 Å². The Labute approximate surface area is 83.5 Å². The normalized spacial score (nSPS) is 9.78. The van der Waals surface area contributed by atoms with Crippen LogP contribution in [0.5, 0.6) is 0 Å². The summed E-state index contributed by atoms with van der Waals surface area (Å²) < 4.78 is 0. The third-order valence-electron chi connectivity index (χ3n) is 0.357. The van der Waals surface area contributed by atoms with Crippen molar-refractivity contribution >= 4 is 43.7 Å². The van der Waals surface area contributed by atoms with E-state index in [1.54, 1.807) is 0 Å². The summed E-state index contributed by atoms with van der Waals surface area (Å²) in [6, 6.07) is 0. The maximum atomic E-state index is 9.45. The first-order valence-electron chi connectivity index (χ1n) is 2.00. The average molecular weight is 164 g/mol. The molecule has 0 aromatic heterocycles. The van der Waals surface area contributed by atoms with Gasteiger partial charge in [0, 0.05) is 7.11 Å². The molecule has 0 spiro atoms. The fourth-order valence-electron chi connectivity index (χ4n) is 0. The molecule has 0 bridgehead atoms. The molecule has 0 saturated heterocycles. The van der Waals surface area contributed by atoms with Crippen molar-refractivity contribution in [2.24, 2.45) is 0 Å². The van der Waals surface area contributed by atoms with E-state index >= 15 is 0 Å². The van der Waals surface area contributed by atoms with E-state index in [0.29, 0.717) is 0 Å². The number of carboxylic acid groups (broad SMARTS) is 1. The van der Waals surface area contributed by atoms with E-state index < -0.39 is 12.1 Å². The Morgan fingerprint density at radius 1 is 1.44 bits per heavy atom. The SMILES string of the molecule is CC(O)C(=O)O.CO.[CaH2]. The van der Waals surface area contributed by atoms with Gasteiger partial charge >= 0.3 is 43.7 Å². The van der Waals surface area contributed by atoms with Crippen molar-refractivity contribution in [3.63, 3.8) is 0 Å². The quantitative estimate of drug-likeness (QED) is 0.397. The summed E-state index contributed by atoms with van der Waals surface area (Å²) in [5.41, 5.74) is 0. The zero-order chi connectivity index (χ0) is 7.15. The third-order valence-corrected chi connectivity index (χ3v) is 0.357. The molecule has 0 aliphatic rings. The number of aliphatic hydroxyl groups is 2. The molecule has 0 aromatic carbocycles. The zero-order valence-corrected chi connectivity index (χ0v) is 4.83. The summed E-state index contributed by atoms with van der Waals surface area (Å²) in [5, 5.41) is 22.8. The van der Waals surface area contributed by atoms with Gasteiger partial charge in [-0.15, -0.1) is 0 Å². The van der Waals surface area contributed by atoms with E-state index in [1.165, 1.54) is 6.92 Å². The molecule has 1 unspecified atom stereocenters. The van der Waals surface area contributed by atoms with Crippen molar-refractivity contribution in [3.05, 3.63) is 0 Å². The van der Waals surface area contributed by atoms with Gasteiger partial charge in [-0.05, 0) is 6.92 Å². The van der Waals surface area contributed by atoms with Gasteiger partial charge in [0.25, 0.3) is 0 Å². The fraction of sp³-hybridized carbons (Fsp3) is 0.750. The van der Waals surface area contributed by atoms with Crippen LogP contribution in [0.2, 0.25) is 0 Å². The Morgan fingerprint density at radius 3 is 1.56 bits per heavy atom. The molecule has 4 nitrogen and oxygen atoms in total. The van der Waals surface area contributed by atoms with Crippen LogP contribution in [0, 0.1) is 0 Å². The molecule has 0 saturated carbocycles. The standard InChI is InChI=1S/C3H6O3.CH4O.Ca.2H/c1-2(4)3(5)6;1-2;;;/h2,4H,1H3,(H,5,6);2H,1H3;;;. The molecule has 9 heavy (non-hydrogen) atoms. The minimum absolute atomic E-state index is 0. The van der Waals surface area contributed by atoms with Gasteiger partial charge < -0.3 is 15.3 Å². The molecule has 3 N–H and O–H groups in total. The fourth-order valence-corrected chi connectivity index (χ4v) is 0. The summed E-state index contributed by atoms with van der Waals surface area (Å²) in [4.78, 5) is 9.45. The van der Waals surface area contributed by atoms with Gasteiger partial charge in [-0.25, -0.2) is 4.79 Å². The van der Waals surface area contributed by atoms with Crippen molar-refractivity contribution in [2.45, 2.75) is 13.0 Å². The second-order valence-corrected chi connectivity index (χ2v) is 1.01. The van der Waals surface area contributed by atoms with Crippen LogP contribution in [0.3, 0.4) is 0 Å². The molecule has 54 valence electrons.